The molecular formula is C19H25NO3. The number of hydrogen-bond donors (Lipinski definition) is 1. The van der Waals surface area contributed by atoms with Crippen molar-refractivity contribution in [1.29, 1.82) is 0 Å². The van der Waals surface area contributed by atoms with Crippen LogP contribution in [-0.4, -0.2) is 34.0 Å². The highest BCUT2D eigenvalue weighted by atomic mass is 16.4. The molecule has 0 bridgehead atoms. The monoisotopic (exact) mass is 315 g/mol. The van der Waals surface area contributed by atoms with Gasteiger partial charge in [0.25, 0.3) is 0 Å². The van der Waals surface area contributed by atoms with Gasteiger partial charge in [0.2, 0.25) is 5.91 Å². The second kappa shape index (κ2) is 6.73. The summed E-state index contributed by atoms with van der Waals surface area (Å²) in [7, 11) is 0. The number of likely N-dealkylation sites (tertiary alicyclic amines) is 1. The van der Waals surface area contributed by atoms with Gasteiger partial charge in [0.1, 0.15) is 6.04 Å². The van der Waals surface area contributed by atoms with E-state index in [2.05, 4.69) is 0 Å². The average Bonchev–Trinajstić information content (AvgIpc) is 2.95. The number of carbonyl (C=O) groups excluding carboxylic acids is 1. The number of carboxylic acids is 1. The van der Waals surface area contributed by atoms with E-state index in [-0.39, 0.29) is 17.9 Å². The van der Waals surface area contributed by atoms with Crippen LogP contribution in [0, 0.1) is 5.92 Å². The number of benzene rings is 1. The van der Waals surface area contributed by atoms with Gasteiger partial charge in [-0.25, -0.2) is 4.79 Å². The van der Waals surface area contributed by atoms with Crippen molar-refractivity contribution in [2.45, 2.75) is 63.5 Å². The minimum absolute atomic E-state index is 0.00292. The summed E-state index contributed by atoms with van der Waals surface area (Å²) in [6.45, 7) is 2.04. The number of aliphatic carboxylic acids is 1. The zero-order chi connectivity index (χ0) is 16.4. The van der Waals surface area contributed by atoms with Crippen LogP contribution in [0.5, 0.6) is 0 Å². The normalized spacial score (nSPS) is 28.2. The van der Waals surface area contributed by atoms with Crippen LogP contribution >= 0.6 is 0 Å². The molecule has 124 valence electrons. The molecule has 1 N–H and O–H groups in total. The van der Waals surface area contributed by atoms with Crippen molar-refractivity contribution in [3.05, 3.63) is 35.9 Å². The van der Waals surface area contributed by atoms with Crippen LogP contribution in [0.3, 0.4) is 0 Å². The van der Waals surface area contributed by atoms with Crippen molar-refractivity contribution in [2.24, 2.45) is 5.92 Å². The number of amides is 1. The Morgan fingerprint density at radius 2 is 1.91 bits per heavy atom. The van der Waals surface area contributed by atoms with Gasteiger partial charge in [-0.05, 0) is 36.7 Å². The SMILES string of the molecule is CC(CC(=O)N1C(C(=O)O)CC2CCCCC21)c1ccccc1. The largest absolute Gasteiger partial charge is 0.480 e. The van der Waals surface area contributed by atoms with Crippen molar-refractivity contribution in [2.75, 3.05) is 0 Å². The fourth-order valence-corrected chi connectivity index (χ4v) is 4.31. The van der Waals surface area contributed by atoms with E-state index >= 15 is 0 Å². The fourth-order valence-electron chi connectivity index (χ4n) is 4.31. The predicted octanol–water partition coefficient (Wildman–Crippen LogP) is 3.42. The molecule has 1 aromatic rings. The molecule has 1 heterocycles. The Hall–Kier alpha value is -1.84. The first-order valence-electron chi connectivity index (χ1n) is 8.67. The number of carboxylic acid groups (broad SMARTS) is 1. The van der Waals surface area contributed by atoms with Gasteiger partial charge >= 0.3 is 5.97 Å². The molecule has 1 aliphatic heterocycles. The molecule has 1 aromatic carbocycles. The van der Waals surface area contributed by atoms with Crippen LogP contribution in [0.2, 0.25) is 0 Å². The van der Waals surface area contributed by atoms with Gasteiger partial charge in [0, 0.05) is 12.5 Å². The average molecular weight is 315 g/mol. The lowest BCUT2D eigenvalue weighted by Crippen LogP contribution is -2.46. The third kappa shape index (κ3) is 3.26. The summed E-state index contributed by atoms with van der Waals surface area (Å²) >= 11 is 0. The van der Waals surface area contributed by atoms with Crippen molar-refractivity contribution in [1.82, 2.24) is 4.90 Å². The van der Waals surface area contributed by atoms with E-state index in [4.69, 9.17) is 0 Å². The maximum absolute atomic E-state index is 12.9. The second-order valence-electron chi connectivity index (χ2n) is 7.02. The molecule has 23 heavy (non-hydrogen) atoms. The van der Waals surface area contributed by atoms with E-state index in [1.807, 2.05) is 37.3 Å². The number of carbonyl (C=O) groups is 2. The molecule has 1 amide bonds. The third-order valence-corrected chi connectivity index (χ3v) is 5.51. The second-order valence-corrected chi connectivity index (χ2v) is 7.02. The van der Waals surface area contributed by atoms with Crippen LogP contribution in [0.25, 0.3) is 0 Å². The van der Waals surface area contributed by atoms with E-state index in [1.54, 1.807) is 4.90 Å². The number of nitrogens with zero attached hydrogens (tertiary/aromatic N) is 1. The van der Waals surface area contributed by atoms with Crippen molar-refractivity contribution >= 4 is 11.9 Å². The summed E-state index contributed by atoms with van der Waals surface area (Å²) in [6, 6.07) is 9.48. The van der Waals surface area contributed by atoms with Gasteiger partial charge in [0.15, 0.2) is 0 Å². The Labute approximate surface area is 137 Å². The molecule has 0 spiro atoms. The Morgan fingerprint density at radius 3 is 2.61 bits per heavy atom. The lowest BCUT2D eigenvalue weighted by atomic mass is 9.84. The van der Waals surface area contributed by atoms with Crippen LogP contribution < -0.4 is 0 Å². The Balaban J connectivity index is 1.74. The molecule has 4 unspecified atom stereocenters. The zero-order valence-electron chi connectivity index (χ0n) is 13.6. The molecule has 4 atom stereocenters. The number of rotatable bonds is 4. The maximum atomic E-state index is 12.9. The Morgan fingerprint density at radius 1 is 1.22 bits per heavy atom. The molecule has 3 rings (SSSR count). The van der Waals surface area contributed by atoms with E-state index in [9.17, 15) is 14.7 Å². The highest BCUT2D eigenvalue weighted by molar-refractivity contribution is 5.85. The van der Waals surface area contributed by atoms with Gasteiger partial charge in [-0.15, -0.1) is 0 Å². The maximum Gasteiger partial charge on any atom is 0.326 e. The van der Waals surface area contributed by atoms with Gasteiger partial charge in [-0.2, -0.15) is 0 Å². The minimum Gasteiger partial charge on any atom is -0.480 e. The van der Waals surface area contributed by atoms with Gasteiger partial charge in [-0.1, -0.05) is 50.1 Å². The topological polar surface area (TPSA) is 57.6 Å². The molecule has 4 heteroatoms. The lowest BCUT2D eigenvalue weighted by Gasteiger charge is -2.33. The molecule has 1 aliphatic carbocycles. The summed E-state index contributed by atoms with van der Waals surface area (Å²) in [5, 5.41) is 9.54. The zero-order valence-corrected chi connectivity index (χ0v) is 13.6. The van der Waals surface area contributed by atoms with Gasteiger partial charge in [0.05, 0.1) is 0 Å². The molecular weight excluding hydrogens is 290 g/mol. The molecule has 1 saturated carbocycles. The standard InChI is InChI=1S/C19H25NO3/c1-13(14-7-3-2-4-8-14)11-18(21)20-16-10-6-5-9-15(16)12-17(20)19(22)23/h2-4,7-8,13,15-17H,5-6,9-12H2,1H3,(H,22,23). The summed E-state index contributed by atoms with van der Waals surface area (Å²) in [6.07, 6.45) is 5.30. The molecule has 2 fully saturated rings. The van der Waals surface area contributed by atoms with Crippen LogP contribution in [0.15, 0.2) is 30.3 Å². The predicted molar refractivity (Wildman–Crippen MR) is 88.1 cm³/mol. The van der Waals surface area contributed by atoms with Gasteiger partial charge < -0.3 is 10.0 Å². The van der Waals surface area contributed by atoms with Crippen LogP contribution in [0.4, 0.5) is 0 Å². The van der Waals surface area contributed by atoms with Gasteiger partial charge in [-0.3, -0.25) is 4.79 Å². The van der Waals surface area contributed by atoms with Crippen LogP contribution in [0.1, 0.15) is 56.9 Å². The first kappa shape index (κ1) is 16.0. The summed E-state index contributed by atoms with van der Waals surface area (Å²) in [5.41, 5.74) is 1.13. The molecule has 0 radical (unpaired) electrons. The lowest BCUT2D eigenvalue weighted by molar-refractivity contribution is -0.150. The summed E-state index contributed by atoms with van der Waals surface area (Å²) < 4.78 is 0. The molecule has 1 saturated heterocycles. The number of fused-ring (bicyclic) bond motifs is 1. The van der Waals surface area contributed by atoms with E-state index in [0.29, 0.717) is 18.8 Å². The van der Waals surface area contributed by atoms with Crippen molar-refractivity contribution in [3.63, 3.8) is 0 Å². The summed E-state index contributed by atoms with van der Waals surface area (Å²) in [4.78, 5) is 26.2. The fraction of sp³-hybridized carbons (Fsp3) is 0.579. The van der Waals surface area contributed by atoms with E-state index < -0.39 is 12.0 Å². The minimum atomic E-state index is -0.847. The molecule has 0 aromatic heterocycles. The first-order valence-corrected chi connectivity index (χ1v) is 8.67. The molecule has 2 aliphatic rings. The van der Waals surface area contributed by atoms with Crippen LogP contribution in [-0.2, 0) is 9.59 Å². The first-order chi connectivity index (χ1) is 11.1. The Bertz CT molecular complexity index is 571. The number of hydrogen-bond acceptors (Lipinski definition) is 2. The highest BCUT2D eigenvalue weighted by Crippen LogP contribution is 2.40. The van der Waals surface area contributed by atoms with Crippen molar-refractivity contribution < 1.29 is 14.7 Å². The smallest absolute Gasteiger partial charge is 0.326 e. The van der Waals surface area contributed by atoms with Crippen molar-refractivity contribution in [3.8, 4) is 0 Å². The third-order valence-electron chi connectivity index (χ3n) is 5.51. The van der Waals surface area contributed by atoms with E-state index in [0.717, 1.165) is 31.2 Å². The quantitative estimate of drug-likeness (QED) is 0.926. The summed E-state index contributed by atoms with van der Waals surface area (Å²) in [5.74, 6) is -0.357. The van der Waals surface area contributed by atoms with E-state index in [1.165, 1.54) is 0 Å². The molecule has 4 nitrogen and oxygen atoms in total. The highest BCUT2D eigenvalue weighted by Gasteiger charge is 2.47. The Kier molecular flexibility index (Phi) is 4.69.